The number of imide groups is 2. The van der Waals surface area contributed by atoms with Crippen LogP contribution in [0.5, 0.6) is 0 Å². The Hall–Kier alpha value is -5.90. The van der Waals surface area contributed by atoms with Crippen molar-refractivity contribution < 1.29 is 43.0 Å². The summed E-state index contributed by atoms with van der Waals surface area (Å²) in [5.74, 6) is -0.832. The van der Waals surface area contributed by atoms with Crippen LogP contribution in [0.3, 0.4) is 0 Å². The van der Waals surface area contributed by atoms with Crippen molar-refractivity contribution in [1.82, 2.24) is 30.1 Å². The second-order valence-corrected chi connectivity index (χ2v) is 18.8. The number of carbonyl (C=O) groups is 6. The van der Waals surface area contributed by atoms with E-state index < -0.39 is 29.7 Å². The Morgan fingerprint density at radius 3 is 2.24 bits per heavy atom. The number of carbonyl (C=O) groups excluding carboxylic acids is 6. The average molecular weight is 1000 g/mol. The summed E-state index contributed by atoms with van der Waals surface area (Å²) in [5.41, 5.74) is 1.86. The number of nitrogens with one attached hydrogen (secondary N) is 4. The third-order valence-electron chi connectivity index (χ3n) is 12.1. The molecule has 1 unspecified atom stereocenters. The van der Waals surface area contributed by atoms with Gasteiger partial charge >= 0.3 is 0 Å². The van der Waals surface area contributed by atoms with E-state index in [4.69, 9.17) is 30.8 Å². The van der Waals surface area contributed by atoms with E-state index in [2.05, 4.69) is 41.0 Å². The van der Waals surface area contributed by atoms with Gasteiger partial charge in [0.2, 0.25) is 17.7 Å². The standard InChI is InChI=1S/C49H61ClN10O9S/c1-32-12-10-14-35(50)44(32)57-46(64)38-31-51-49(70-38)55-39-30-40(53-33(2)52-39)59-22-20-58(21-23-59)19-7-3-4-8-24-67-26-28-69-29-27-68-25-9-5-6-16-41(61)54-36-15-11-13-34-43(36)48(66)60(47(34)65)37-17-18-42(62)56-45(37)63/h10-15,30-31,37H,3-9,16-29H2,1-2H3,(H,54,61)(H,57,64)(H,56,62,63)(H,51,52,53,55). The van der Waals surface area contributed by atoms with Gasteiger partial charge in [-0.1, -0.05) is 60.4 Å². The van der Waals surface area contributed by atoms with Gasteiger partial charge in [0.1, 0.15) is 28.4 Å². The summed E-state index contributed by atoms with van der Waals surface area (Å²) in [6.07, 6.45) is 8.45. The van der Waals surface area contributed by atoms with Crippen molar-refractivity contribution in [3.63, 3.8) is 0 Å². The van der Waals surface area contributed by atoms with Crippen LogP contribution in [0.4, 0.5) is 28.1 Å². The number of ether oxygens (including phenoxy) is 3. The first-order chi connectivity index (χ1) is 33.9. The van der Waals surface area contributed by atoms with Crippen LogP contribution in [-0.2, 0) is 28.6 Å². The lowest BCUT2D eigenvalue weighted by atomic mass is 10.0. The maximum Gasteiger partial charge on any atom is 0.267 e. The molecule has 0 saturated carbocycles. The molecular formula is C49H61ClN10O9S. The SMILES string of the molecule is Cc1nc(Nc2ncc(C(=O)Nc3c(C)cccc3Cl)s2)cc(N2CCN(CCCCCCOCCOCCOCCCCCC(=O)Nc3cccc4c3C(=O)N(C3CCC(=O)NC3=O)C4=O)CC2)n1. The molecule has 2 aromatic carbocycles. The second kappa shape index (κ2) is 25.8. The molecule has 5 heterocycles. The fourth-order valence-electron chi connectivity index (χ4n) is 8.42. The third kappa shape index (κ3) is 14.4. The molecule has 3 aliphatic rings. The van der Waals surface area contributed by atoms with E-state index in [-0.39, 0.29) is 47.9 Å². The zero-order chi connectivity index (χ0) is 49.4. The fraction of sp³-hybridized carbons (Fsp3) is 0.490. The molecule has 3 aliphatic heterocycles. The summed E-state index contributed by atoms with van der Waals surface area (Å²) in [5, 5.41) is 12.1. The first-order valence-corrected chi connectivity index (χ1v) is 25.1. The Morgan fingerprint density at radius 1 is 0.814 bits per heavy atom. The van der Waals surface area contributed by atoms with Crippen LogP contribution in [0.2, 0.25) is 5.02 Å². The van der Waals surface area contributed by atoms with Gasteiger partial charge in [-0.3, -0.25) is 43.9 Å². The number of rotatable bonds is 26. The highest BCUT2D eigenvalue weighted by molar-refractivity contribution is 7.17. The molecule has 6 amide bonds. The molecule has 0 bridgehead atoms. The van der Waals surface area contributed by atoms with Gasteiger partial charge in [-0.2, -0.15) is 0 Å². The summed E-state index contributed by atoms with van der Waals surface area (Å²) < 4.78 is 17.1. The molecule has 1 atom stereocenters. The molecule has 7 rings (SSSR count). The van der Waals surface area contributed by atoms with Gasteiger partial charge < -0.3 is 35.1 Å². The number of amides is 6. The number of benzene rings is 2. The first kappa shape index (κ1) is 51.9. The zero-order valence-electron chi connectivity index (χ0n) is 39.7. The number of para-hydroxylation sites is 1. The Morgan fingerprint density at radius 2 is 1.51 bits per heavy atom. The number of anilines is 5. The Kier molecular flexibility index (Phi) is 19.1. The molecule has 70 heavy (non-hydrogen) atoms. The molecule has 21 heteroatoms. The predicted molar refractivity (Wildman–Crippen MR) is 266 cm³/mol. The minimum atomic E-state index is -1.07. The van der Waals surface area contributed by atoms with Crippen molar-refractivity contribution in [3.8, 4) is 0 Å². The zero-order valence-corrected chi connectivity index (χ0v) is 41.3. The number of unbranched alkanes of at least 4 members (excludes halogenated alkanes) is 5. The van der Waals surface area contributed by atoms with Crippen molar-refractivity contribution in [2.45, 2.75) is 84.1 Å². The summed E-state index contributed by atoms with van der Waals surface area (Å²) in [6, 6.07) is 11.0. The monoisotopic (exact) mass is 1000 g/mol. The van der Waals surface area contributed by atoms with Crippen molar-refractivity contribution >= 4 is 86.5 Å². The molecule has 0 radical (unpaired) electrons. The summed E-state index contributed by atoms with van der Waals surface area (Å²) in [7, 11) is 0. The normalized spacial score (nSPS) is 16.1. The molecule has 2 aromatic heterocycles. The van der Waals surface area contributed by atoms with Gasteiger partial charge in [0.15, 0.2) is 5.13 Å². The highest BCUT2D eigenvalue weighted by Gasteiger charge is 2.45. The second-order valence-electron chi connectivity index (χ2n) is 17.3. The van der Waals surface area contributed by atoms with Gasteiger partial charge in [0, 0.05) is 58.3 Å². The molecule has 374 valence electrons. The van der Waals surface area contributed by atoms with E-state index in [1.54, 1.807) is 24.4 Å². The molecular weight excluding hydrogens is 940 g/mol. The third-order valence-corrected chi connectivity index (χ3v) is 13.4. The topological polar surface area (TPSA) is 227 Å². The number of hydrogen-bond donors (Lipinski definition) is 4. The van der Waals surface area contributed by atoms with E-state index in [9.17, 15) is 28.8 Å². The van der Waals surface area contributed by atoms with Crippen molar-refractivity contribution in [3.05, 3.63) is 81.1 Å². The smallest absolute Gasteiger partial charge is 0.267 e. The Balaban J connectivity index is 0.658. The molecule has 2 fully saturated rings. The van der Waals surface area contributed by atoms with Gasteiger partial charge in [-0.05, 0) is 76.3 Å². The lowest BCUT2D eigenvalue weighted by Crippen LogP contribution is -2.54. The number of thiazole rings is 1. The highest BCUT2D eigenvalue weighted by Crippen LogP contribution is 2.33. The summed E-state index contributed by atoms with van der Waals surface area (Å²) >= 11 is 7.54. The maximum absolute atomic E-state index is 13.3. The lowest BCUT2D eigenvalue weighted by molar-refractivity contribution is -0.136. The quantitative estimate of drug-likeness (QED) is 0.0387. The average Bonchev–Trinajstić information content (AvgIpc) is 3.91. The maximum atomic E-state index is 13.3. The van der Waals surface area contributed by atoms with Crippen LogP contribution in [0.25, 0.3) is 0 Å². The van der Waals surface area contributed by atoms with Gasteiger partial charge in [-0.25, -0.2) is 15.0 Å². The number of aryl methyl sites for hydroxylation is 2. The van der Waals surface area contributed by atoms with Gasteiger partial charge in [-0.15, -0.1) is 0 Å². The minimum absolute atomic E-state index is 0.0285. The number of fused-ring (bicyclic) bond motifs is 1. The van der Waals surface area contributed by atoms with E-state index in [1.807, 2.05) is 32.0 Å². The number of hydrogen-bond acceptors (Lipinski definition) is 16. The largest absolute Gasteiger partial charge is 0.379 e. The van der Waals surface area contributed by atoms with Crippen LogP contribution in [0.15, 0.2) is 48.7 Å². The highest BCUT2D eigenvalue weighted by atomic mass is 35.5. The number of halogens is 1. The van der Waals surface area contributed by atoms with Gasteiger partial charge in [0.05, 0.1) is 60.1 Å². The van der Waals surface area contributed by atoms with Crippen LogP contribution < -0.4 is 26.2 Å². The van der Waals surface area contributed by atoms with Gasteiger partial charge in [0.25, 0.3) is 17.7 Å². The van der Waals surface area contributed by atoms with Crippen molar-refractivity contribution in [2.75, 3.05) is 93.2 Å². The molecule has 2 saturated heterocycles. The lowest BCUT2D eigenvalue weighted by Gasteiger charge is -2.35. The van der Waals surface area contributed by atoms with Crippen molar-refractivity contribution in [1.29, 1.82) is 0 Å². The molecule has 0 spiro atoms. The van der Waals surface area contributed by atoms with E-state index >= 15 is 0 Å². The first-order valence-electron chi connectivity index (χ1n) is 23.9. The Bertz CT molecular complexity index is 2480. The summed E-state index contributed by atoms with van der Waals surface area (Å²) in [4.78, 5) is 95.7. The number of piperidine rings is 1. The molecule has 0 aliphatic carbocycles. The van der Waals surface area contributed by atoms with Crippen LogP contribution in [-0.4, -0.2) is 139 Å². The van der Waals surface area contributed by atoms with Crippen LogP contribution >= 0.6 is 22.9 Å². The van der Waals surface area contributed by atoms with E-state index in [0.717, 1.165) is 87.5 Å². The van der Waals surface area contributed by atoms with Crippen LogP contribution in [0.1, 0.15) is 106 Å². The van der Waals surface area contributed by atoms with Crippen molar-refractivity contribution in [2.24, 2.45) is 0 Å². The van der Waals surface area contributed by atoms with E-state index in [0.29, 0.717) is 78.4 Å². The fourth-order valence-corrected chi connectivity index (χ4v) is 9.41. The predicted octanol–water partition coefficient (Wildman–Crippen LogP) is 6.53. The molecule has 4 N–H and O–H groups in total. The molecule has 4 aromatic rings. The number of aromatic nitrogens is 3. The Labute approximate surface area is 416 Å². The molecule has 19 nitrogen and oxygen atoms in total. The number of nitrogens with zero attached hydrogens (tertiary/aromatic N) is 6. The minimum Gasteiger partial charge on any atom is -0.379 e. The van der Waals surface area contributed by atoms with Crippen LogP contribution in [0, 0.1) is 13.8 Å². The number of piperazine rings is 1. The van der Waals surface area contributed by atoms with E-state index in [1.165, 1.54) is 17.4 Å². The summed E-state index contributed by atoms with van der Waals surface area (Å²) in [6.45, 7) is 11.8.